The van der Waals surface area contributed by atoms with Crippen LogP contribution >= 0.6 is 0 Å². The average molecular weight is 312 g/mol. The minimum Gasteiger partial charge on any atom is -0.481 e. The first-order chi connectivity index (χ1) is 11.0. The first kappa shape index (κ1) is 15.2. The molecule has 0 aliphatic carbocycles. The zero-order chi connectivity index (χ0) is 16.4. The van der Waals surface area contributed by atoms with Crippen molar-refractivity contribution in [3.8, 4) is 5.88 Å². The minimum atomic E-state index is -0.127. The summed E-state index contributed by atoms with van der Waals surface area (Å²) < 4.78 is 7.04. The van der Waals surface area contributed by atoms with Crippen molar-refractivity contribution in [2.24, 2.45) is 0 Å². The van der Waals surface area contributed by atoms with Crippen LogP contribution in [0.1, 0.15) is 32.2 Å². The fraction of sp³-hybridized carbons (Fsp3) is 0.375. The average Bonchev–Trinajstić information content (AvgIpc) is 2.96. The zero-order valence-corrected chi connectivity index (χ0v) is 13.7. The van der Waals surface area contributed by atoms with Crippen molar-refractivity contribution < 1.29 is 4.74 Å². The summed E-state index contributed by atoms with van der Waals surface area (Å²) in [5, 5.41) is 16.3. The number of anilines is 1. The van der Waals surface area contributed by atoms with Crippen molar-refractivity contribution in [2.45, 2.75) is 32.7 Å². The maximum absolute atomic E-state index is 5.26. The topological polar surface area (TPSA) is 77.2 Å². The van der Waals surface area contributed by atoms with E-state index >= 15 is 0 Å². The highest BCUT2D eigenvalue weighted by Crippen LogP contribution is 2.21. The first-order valence-corrected chi connectivity index (χ1v) is 7.44. The summed E-state index contributed by atoms with van der Waals surface area (Å²) >= 11 is 0. The molecule has 0 atom stereocenters. The predicted molar refractivity (Wildman–Crippen MR) is 87.6 cm³/mol. The zero-order valence-electron chi connectivity index (χ0n) is 13.7. The molecule has 1 N–H and O–H groups in total. The van der Waals surface area contributed by atoms with Crippen LogP contribution in [0.4, 0.5) is 5.82 Å². The number of methoxy groups -OCH3 is 1. The van der Waals surface area contributed by atoms with E-state index in [0.29, 0.717) is 12.4 Å². The molecular weight excluding hydrogens is 292 g/mol. The van der Waals surface area contributed by atoms with Crippen LogP contribution in [0.3, 0.4) is 0 Å². The number of hydrogen-bond acceptors (Lipinski definition) is 6. The Morgan fingerprint density at radius 2 is 2.00 bits per heavy atom. The van der Waals surface area contributed by atoms with Gasteiger partial charge in [-0.15, -0.1) is 15.3 Å². The number of pyridine rings is 1. The Morgan fingerprint density at radius 1 is 1.17 bits per heavy atom. The van der Waals surface area contributed by atoms with Gasteiger partial charge in [0.15, 0.2) is 11.5 Å². The van der Waals surface area contributed by atoms with E-state index < -0.39 is 0 Å². The van der Waals surface area contributed by atoms with Gasteiger partial charge < -0.3 is 10.1 Å². The van der Waals surface area contributed by atoms with E-state index in [0.717, 1.165) is 22.9 Å². The standard InChI is InChI=1S/C16H20N6O/c1-16(2,3)15-20-19-13-8-7-12(21-22(13)15)18-10-11-6-5-9-17-14(11)23-4/h5-9H,10H2,1-4H3,(H,18,21). The number of ether oxygens (including phenoxy) is 1. The molecule has 0 saturated heterocycles. The van der Waals surface area contributed by atoms with Crippen molar-refractivity contribution in [1.82, 2.24) is 24.8 Å². The molecule has 7 nitrogen and oxygen atoms in total. The van der Waals surface area contributed by atoms with Gasteiger partial charge in [0.25, 0.3) is 0 Å². The molecule has 0 bridgehead atoms. The van der Waals surface area contributed by atoms with E-state index in [1.165, 1.54) is 0 Å². The largest absolute Gasteiger partial charge is 0.481 e. The Morgan fingerprint density at radius 3 is 2.74 bits per heavy atom. The molecular formula is C16H20N6O. The number of rotatable bonds is 4. The summed E-state index contributed by atoms with van der Waals surface area (Å²) in [4.78, 5) is 4.19. The van der Waals surface area contributed by atoms with Gasteiger partial charge in [0.05, 0.1) is 7.11 Å². The molecule has 3 rings (SSSR count). The Kier molecular flexibility index (Phi) is 3.85. The van der Waals surface area contributed by atoms with Gasteiger partial charge in [0.2, 0.25) is 5.88 Å². The Bertz CT molecular complexity index is 821. The smallest absolute Gasteiger partial charge is 0.218 e. The van der Waals surface area contributed by atoms with E-state index in [9.17, 15) is 0 Å². The molecule has 7 heteroatoms. The van der Waals surface area contributed by atoms with Crippen LogP contribution in [-0.2, 0) is 12.0 Å². The Hall–Kier alpha value is -2.70. The molecule has 3 aromatic rings. The molecule has 23 heavy (non-hydrogen) atoms. The lowest BCUT2D eigenvalue weighted by molar-refractivity contribution is 0.393. The van der Waals surface area contributed by atoms with Gasteiger partial charge in [-0.2, -0.15) is 4.52 Å². The highest BCUT2D eigenvalue weighted by atomic mass is 16.5. The second-order valence-corrected chi connectivity index (χ2v) is 6.29. The molecule has 0 spiro atoms. The molecule has 0 unspecified atom stereocenters. The van der Waals surface area contributed by atoms with Gasteiger partial charge >= 0.3 is 0 Å². The van der Waals surface area contributed by atoms with Crippen LogP contribution in [0.2, 0.25) is 0 Å². The lowest BCUT2D eigenvalue weighted by Gasteiger charge is -2.15. The van der Waals surface area contributed by atoms with Crippen LogP contribution in [0.15, 0.2) is 30.5 Å². The van der Waals surface area contributed by atoms with Crippen molar-refractivity contribution in [2.75, 3.05) is 12.4 Å². The summed E-state index contributed by atoms with van der Waals surface area (Å²) in [6.45, 7) is 6.84. The fourth-order valence-corrected chi connectivity index (χ4v) is 2.28. The maximum Gasteiger partial charge on any atom is 0.218 e. The maximum atomic E-state index is 5.26. The van der Waals surface area contributed by atoms with Crippen LogP contribution in [0.5, 0.6) is 5.88 Å². The van der Waals surface area contributed by atoms with E-state index in [1.807, 2.05) is 24.3 Å². The van der Waals surface area contributed by atoms with Crippen LogP contribution in [0.25, 0.3) is 5.65 Å². The number of fused-ring (bicyclic) bond motifs is 1. The normalized spacial score (nSPS) is 11.7. The van der Waals surface area contributed by atoms with Crippen LogP contribution in [0, 0.1) is 0 Å². The van der Waals surface area contributed by atoms with Gasteiger partial charge in [-0.3, -0.25) is 0 Å². The molecule has 120 valence electrons. The lowest BCUT2D eigenvalue weighted by Crippen LogP contribution is -2.17. The number of nitrogens with zero attached hydrogens (tertiary/aromatic N) is 5. The van der Waals surface area contributed by atoms with Crippen LogP contribution in [-0.4, -0.2) is 31.9 Å². The van der Waals surface area contributed by atoms with Crippen molar-refractivity contribution >= 4 is 11.5 Å². The molecule has 0 aliphatic heterocycles. The minimum absolute atomic E-state index is 0.127. The molecule has 0 radical (unpaired) electrons. The molecule has 0 fully saturated rings. The third-order valence-corrected chi connectivity index (χ3v) is 3.44. The predicted octanol–water partition coefficient (Wildman–Crippen LogP) is 2.44. The summed E-state index contributed by atoms with van der Waals surface area (Å²) in [5.41, 5.74) is 1.58. The van der Waals surface area contributed by atoms with Crippen molar-refractivity contribution in [1.29, 1.82) is 0 Å². The molecule has 3 heterocycles. The highest BCUT2D eigenvalue weighted by Gasteiger charge is 2.21. The third-order valence-electron chi connectivity index (χ3n) is 3.44. The second kappa shape index (κ2) is 5.83. The van der Waals surface area contributed by atoms with Crippen molar-refractivity contribution in [3.63, 3.8) is 0 Å². The molecule has 0 amide bonds. The van der Waals surface area contributed by atoms with Gasteiger partial charge in [-0.1, -0.05) is 26.8 Å². The third kappa shape index (κ3) is 3.08. The second-order valence-electron chi connectivity index (χ2n) is 6.29. The summed E-state index contributed by atoms with van der Waals surface area (Å²) in [6.07, 6.45) is 1.71. The van der Waals surface area contributed by atoms with Gasteiger partial charge in [-0.25, -0.2) is 4.98 Å². The monoisotopic (exact) mass is 312 g/mol. The highest BCUT2D eigenvalue weighted by molar-refractivity contribution is 5.45. The van der Waals surface area contributed by atoms with Crippen LogP contribution < -0.4 is 10.1 Å². The SMILES string of the molecule is COc1ncccc1CNc1ccc2nnc(C(C)(C)C)n2n1. The number of aromatic nitrogens is 5. The van der Waals surface area contributed by atoms with E-state index in [4.69, 9.17) is 4.74 Å². The summed E-state index contributed by atoms with van der Waals surface area (Å²) in [6, 6.07) is 7.64. The Balaban J connectivity index is 1.86. The van der Waals surface area contributed by atoms with Crippen molar-refractivity contribution in [3.05, 3.63) is 41.9 Å². The van der Waals surface area contributed by atoms with Gasteiger partial charge in [-0.05, 0) is 18.2 Å². The molecule has 0 aromatic carbocycles. The van der Waals surface area contributed by atoms with E-state index in [1.54, 1.807) is 17.8 Å². The Labute approximate surface area is 134 Å². The summed E-state index contributed by atoms with van der Waals surface area (Å²) in [7, 11) is 1.61. The van der Waals surface area contributed by atoms with E-state index in [-0.39, 0.29) is 5.41 Å². The quantitative estimate of drug-likeness (QED) is 0.797. The first-order valence-electron chi connectivity index (χ1n) is 7.44. The fourth-order valence-electron chi connectivity index (χ4n) is 2.28. The number of nitrogens with one attached hydrogen (secondary N) is 1. The summed E-state index contributed by atoms with van der Waals surface area (Å²) in [5.74, 6) is 2.18. The molecule has 0 saturated carbocycles. The van der Waals surface area contributed by atoms with E-state index in [2.05, 4.69) is 46.4 Å². The number of hydrogen-bond donors (Lipinski definition) is 1. The van der Waals surface area contributed by atoms with Gasteiger partial charge in [0.1, 0.15) is 5.82 Å². The van der Waals surface area contributed by atoms with Gasteiger partial charge in [0, 0.05) is 23.7 Å². The molecule has 3 aromatic heterocycles. The molecule has 0 aliphatic rings. The lowest BCUT2D eigenvalue weighted by atomic mass is 9.96.